The molecular formula is C22H26BrClN2O3. The number of unbranched alkanes of at least 4 members (excludes halogenated alkanes) is 1. The van der Waals surface area contributed by atoms with Gasteiger partial charge in [-0.3, -0.25) is 9.59 Å². The highest BCUT2D eigenvalue weighted by atomic mass is 79.9. The minimum atomic E-state index is -0.597. The number of carbonyl (C=O) groups is 2. The lowest BCUT2D eigenvalue weighted by Crippen LogP contribution is -2.50. The van der Waals surface area contributed by atoms with Crippen LogP contribution < -0.4 is 15.4 Å². The molecule has 156 valence electrons. The van der Waals surface area contributed by atoms with Gasteiger partial charge in [0.1, 0.15) is 11.8 Å². The van der Waals surface area contributed by atoms with E-state index >= 15 is 0 Å². The fourth-order valence-corrected chi connectivity index (χ4v) is 3.26. The van der Waals surface area contributed by atoms with Crippen LogP contribution in [0.15, 0.2) is 53.0 Å². The molecule has 0 saturated heterocycles. The standard InChI is InChI=1S/C22H26BrClN2O3/c1-15(2)20(26-21(27)18-7-3-4-8-19(18)23)22(28)25-13-5-6-14-29-17-11-9-16(24)10-12-17/h3-4,7-12,15,20H,5-6,13-14H2,1-2H3,(H,25,28)(H,26,27)/t20-/m0/s1. The average Bonchev–Trinajstić information content (AvgIpc) is 2.69. The second-order valence-electron chi connectivity index (χ2n) is 6.98. The molecule has 2 rings (SSSR count). The third-order valence-corrected chi connectivity index (χ3v) is 5.25. The maximum atomic E-state index is 12.5. The van der Waals surface area contributed by atoms with Gasteiger partial charge in [-0.05, 0) is 71.1 Å². The Morgan fingerprint density at radius 1 is 1.07 bits per heavy atom. The summed E-state index contributed by atoms with van der Waals surface area (Å²) >= 11 is 9.21. The third-order valence-electron chi connectivity index (χ3n) is 4.31. The van der Waals surface area contributed by atoms with Gasteiger partial charge in [0.05, 0.1) is 12.2 Å². The van der Waals surface area contributed by atoms with Crippen molar-refractivity contribution >= 4 is 39.3 Å². The van der Waals surface area contributed by atoms with Crippen molar-refractivity contribution in [2.24, 2.45) is 5.92 Å². The summed E-state index contributed by atoms with van der Waals surface area (Å²) in [5.74, 6) is 0.282. The summed E-state index contributed by atoms with van der Waals surface area (Å²) in [5, 5.41) is 6.41. The Hall–Kier alpha value is -2.05. The molecular weight excluding hydrogens is 456 g/mol. The Labute approximate surface area is 185 Å². The van der Waals surface area contributed by atoms with E-state index in [-0.39, 0.29) is 17.7 Å². The van der Waals surface area contributed by atoms with Crippen LogP contribution in [0.25, 0.3) is 0 Å². The van der Waals surface area contributed by atoms with Crippen LogP contribution in [0.3, 0.4) is 0 Å². The van der Waals surface area contributed by atoms with Crippen LogP contribution in [-0.4, -0.2) is 31.0 Å². The van der Waals surface area contributed by atoms with E-state index in [1.165, 1.54) is 0 Å². The van der Waals surface area contributed by atoms with E-state index in [9.17, 15) is 9.59 Å². The summed E-state index contributed by atoms with van der Waals surface area (Å²) < 4.78 is 6.33. The SMILES string of the molecule is CC(C)[C@H](NC(=O)c1ccccc1Br)C(=O)NCCCCOc1ccc(Cl)cc1. The molecule has 2 aromatic carbocycles. The van der Waals surface area contributed by atoms with Crippen LogP contribution in [-0.2, 0) is 4.79 Å². The summed E-state index contributed by atoms with van der Waals surface area (Å²) in [4.78, 5) is 25.1. The van der Waals surface area contributed by atoms with Crippen LogP contribution in [0.1, 0.15) is 37.0 Å². The Morgan fingerprint density at radius 2 is 1.76 bits per heavy atom. The highest BCUT2D eigenvalue weighted by molar-refractivity contribution is 9.10. The zero-order valence-corrected chi connectivity index (χ0v) is 18.9. The number of hydrogen-bond acceptors (Lipinski definition) is 3. The minimum Gasteiger partial charge on any atom is -0.494 e. The van der Waals surface area contributed by atoms with Crippen molar-refractivity contribution in [1.82, 2.24) is 10.6 Å². The van der Waals surface area contributed by atoms with Gasteiger partial charge in [-0.1, -0.05) is 37.6 Å². The summed E-state index contributed by atoms with van der Waals surface area (Å²) in [7, 11) is 0. The molecule has 0 spiro atoms. The lowest BCUT2D eigenvalue weighted by Gasteiger charge is -2.22. The minimum absolute atomic E-state index is 0.0327. The molecule has 2 N–H and O–H groups in total. The van der Waals surface area contributed by atoms with Gasteiger partial charge in [0.25, 0.3) is 5.91 Å². The van der Waals surface area contributed by atoms with Crippen LogP contribution >= 0.6 is 27.5 Å². The predicted molar refractivity (Wildman–Crippen MR) is 119 cm³/mol. The molecule has 0 unspecified atom stereocenters. The molecule has 0 bridgehead atoms. The van der Waals surface area contributed by atoms with Gasteiger partial charge in [0.2, 0.25) is 5.91 Å². The molecule has 2 aromatic rings. The van der Waals surface area contributed by atoms with E-state index < -0.39 is 6.04 Å². The number of benzene rings is 2. The van der Waals surface area contributed by atoms with Crippen LogP contribution in [0, 0.1) is 5.92 Å². The zero-order valence-electron chi connectivity index (χ0n) is 16.6. The molecule has 1 atom stereocenters. The molecule has 2 amide bonds. The van der Waals surface area contributed by atoms with Crippen molar-refractivity contribution in [3.8, 4) is 5.75 Å². The molecule has 0 aliphatic carbocycles. The average molecular weight is 482 g/mol. The third kappa shape index (κ3) is 7.71. The van der Waals surface area contributed by atoms with E-state index in [0.29, 0.717) is 28.2 Å². The Balaban J connectivity index is 1.74. The second-order valence-corrected chi connectivity index (χ2v) is 8.27. The number of hydrogen-bond donors (Lipinski definition) is 2. The maximum absolute atomic E-state index is 12.5. The molecule has 29 heavy (non-hydrogen) atoms. The number of ether oxygens (including phenoxy) is 1. The summed E-state index contributed by atoms with van der Waals surface area (Å²) in [6.07, 6.45) is 1.58. The number of halogens is 2. The molecule has 5 nitrogen and oxygen atoms in total. The predicted octanol–water partition coefficient (Wildman–Crippen LogP) is 4.83. The quantitative estimate of drug-likeness (QED) is 0.478. The van der Waals surface area contributed by atoms with Crippen LogP contribution in [0.2, 0.25) is 5.02 Å². The Morgan fingerprint density at radius 3 is 2.41 bits per heavy atom. The van der Waals surface area contributed by atoms with Crippen molar-refractivity contribution in [3.63, 3.8) is 0 Å². The largest absolute Gasteiger partial charge is 0.494 e. The van der Waals surface area contributed by atoms with Crippen LogP contribution in [0.5, 0.6) is 5.75 Å². The summed E-state index contributed by atoms with van der Waals surface area (Å²) in [5.41, 5.74) is 0.505. The number of nitrogens with one attached hydrogen (secondary N) is 2. The van der Waals surface area contributed by atoms with E-state index in [2.05, 4.69) is 26.6 Å². The summed E-state index contributed by atoms with van der Waals surface area (Å²) in [6, 6.07) is 13.8. The number of carbonyl (C=O) groups excluding carboxylic acids is 2. The molecule has 0 aliphatic heterocycles. The molecule has 0 radical (unpaired) electrons. The fourth-order valence-electron chi connectivity index (χ4n) is 2.67. The van der Waals surface area contributed by atoms with E-state index in [4.69, 9.17) is 16.3 Å². The number of amides is 2. The first kappa shape index (κ1) is 23.2. The zero-order chi connectivity index (χ0) is 21.2. The van der Waals surface area contributed by atoms with E-state index in [1.807, 2.05) is 32.0 Å². The first-order valence-corrected chi connectivity index (χ1v) is 10.8. The molecule has 0 aliphatic rings. The first-order valence-electron chi connectivity index (χ1n) is 9.60. The molecule has 7 heteroatoms. The van der Waals surface area contributed by atoms with Crippen molar-refractivity contribution < 1.29 is 14.3 Å². The van der Waals surface area contributed by atoms with Gasteiger partial charge in [0, 0.05) is 16.0 Å². The van der Waals surface area contributed by atoms with Gasteiger partial charge < -0.3 is 15.4 Å². The smallest absolute Gasteiger partial charge is 0.253 e. The highest BCUT2D eigenvalue weighted by Gasteiger charge is 2.24. The van der Waals surface area contributed by atoms with Crippen molar-refractivity contribution in [1.29, 1.82) is 0 Å². The van der Waals surface area contributed by atoms with Gasteiger partial charge in [-0.15, -0.1) is 0 Å². The van der Waals surface area contributed by atoms with Gasteiger partial charge in [-0.2, -0.15) is 0 Å². The monoisotopic (exact) mass is 480 g/mol. The second kappa shape index (κ2) is 11.8. The number of rotatable bonds is 10. The van der Waals surface area contributed by atoms with Crippen molar-refractivity contribution in [2.45, 2.75) is 32.7 Å². The van der Waals surface area contributed by atoms with Crippen molar-refractivity contribution in [2.75, 3.05) is 13.2 Å². The molecule has 0 fully saturated rings. The molecule has 0 heterocycles. The lowest BCUT2D eigenvalue weighted by molar-refractivity contribution is -0.123. The Kier molecular flexibility index (Phi) is 9.48. The van der Waals surface area contributed by atoms with Gasteiger partial charge in [-0.25, -0.2) is 0 Å². The first-order chi connectivity index (χ1) is 13.9. The van der Waals surface area contributed by atoms with E-state index in [0.717, 1.165) is 18.6 Å². The van der Waals surface area contributed by atoms with E-state index in [1.54, 1.807) is 30.3 Å². The fraction of sp³-hybridized carbons (Fsp3) is 0.364. The topological polar surface area (TPSA) is 67.4 Å². The molecule has 0 aromatic heterocycles. The Bertz CT molecular complexity index is 812. The maximum Gasteiger partial charge on any atom is 0.253 e. The summed E-state index contributed by atoms with van der Waals surface area (Å²) in [6.45, 7) is 4.90. The highest BCUT2D eigenvalue weighted by Crippen LogP contribution is 2.17. The molecule has 0 saturated carbocycles. The van der Waals surface area contributed by atoms with Crippen molar-refractivity contribution in [3.05, 3.63) is 63.6 Å². The lowest BCUT2D eigenvalue weighted by atomic mass is 10.0. The van der Waals surface area contributed by atoms with Gasteiger partial charge in [0.15, 0.2) is 0 Å². The van der Waals surface area contributed by atoms with Gasteiger partial charge >= 0.3 is 0 Å². The normalized spacial score (nSPS) is 11.8. The van der Waals surface area contributed by atoms with Crippen LogP contribution in [0.4, 0.5) is 0 Å².